The summed E-state index contributed by atoms with van der Waals surface area (Å²) >= 11 is 0. The topological polar surface area (TPSA) is 68.8 Å². The molecular weight excluding hydrogens is 328 g/mol. The van der Waals surface area contributed by atoms with Crippen LogP contribution in [0.2, 0.25) is 0 Å². The smallest absolute Gasteiger partial charge is 0.245 e. The quantitative estimate of drug-likeness (QED) is 0.723. The monoisotopic (exact) mass is 350 g/mol. The van der Waals surface area contributed by atoms with E-state index in [4.69, 9.17) is 0 Å². The number of aromatic nitrogens is 5. The predicted molar refractivity (Wildman–Crippen MR) is 97.2 cm³/mol. The fourth-order valence-electron chi connectivity index (χ4n) is 3.46. The molecule has 0 saturated heterocycles. The van der Waals surface area contributed by atoms with Crippen molar-refractivity contribution in [1.82, 2.24) is 29.4 Å². The van der Waals surface area contributed by atoms with Gasteiger partial charge in [-0.1, -0.05) is 30.3 Å². The molecule has 0 fully saturated rings. The van der Waals surface area contributed by atoms with Crippen LogP contribution in [0.15, 0.2) is 36.5 Å². The lowest BCUT2D eigenvalue weighted by atomic mass is 10.1. The summed E-state index contributed by atoms with van der Waals surface area (Å²) in [4.78, 5) is 14.8. The normalized spacial score (nSPS) is 16.8. The first kappa shape index (κ1) is 16.5. The second-order valence-electron chi connectivity index (χ2n) is 6.75. The van der Waals surface area contributed by atoms with Gasteiger partial charge in [-0.05, 0) is 25.8 Å². The van der Waals surface area contributed by atoms with Crippen molar-refractivity contribution in [2.45, 2.75) is 32.9 Å². The molecule has 1 aliphatic rings. The largest absolute Gasteiger partial charge is 0.333 e. The molecule has 3 heterocycles. The van der Waals surface area contributed by atoms with E-state index in [0.717, 1.165) is 23.5 Å². The molecule has 0 bridgehead atoms. The highest BCUT2D eigenvalue weighted by Crippen LogP contribution is 2.29. The highest BCUT2D eigenvalue weighted by Gasteiger charge is 2.33. The molecule has 0 saturated carbocycles. The number of carbonyl (C=O) groups is 1. The van der Waals surface area contributed by atoms with Crippen LogP contribution < -0.4 is 0 Å². The summed E-state index contributed by atoms with van der Waals surface area (Å²) < 4.78 is 3.75. The molecule has 4 rings (SSSR count). The van der Waals surface area contributed by atoms with Gasteiger partial charge in [-0.3, -0.25) is 14.0 Å². The lowest BCUT2D eigenvalue weighted by Crippen LogP contribution is -2.42. The first-order valence-electron chi connectivity index (χ1n) is 8.81. The number of hydrogen-bond donors (Lipinski definition) is 0. The SMILES string of the molecule is Cc1c(-c2nnc3n2[C@@H](C)C(=O)N(CCc2ccccc2)C3)cnn1C. The zero-order valence-electron chi connectivity index (χ0n) is 15.3. The van der Waals surface area contributed by atoms with Crippen LogP contribution >= 0.6 is 0 Å². The third-order valence-corrected chi connectivity index (χ3v) is 5.14. The lowest BCUT2D eigenvalue weighted by molar-refractivity contribution is -0.136. The fourth-order valence-corrected chi connectivity index (χ4v) is 3.46. The second kappa shape index (κ2) is 6.40. The van der Waals surface area contributed by atoms with Gasteiger partial charge >= 0.3 is 0 Å². The van der Waals surface area contributed by atoms with Crippen LogP contribution in [0.3, 0.4) is 0 Å². The fraction of sp³-hybridized carbons (Fsp3) is 0.368. The number of amides is 1. The second-order valence-corrected chi connectivity index (χ2v) is 6.75. The van der Waals surface area contributed by atoms with Crippen LogP contribution in [-0.2, 0) is 24.8 Å². The van der Waals surface area contributed by atoms with E-state index < -0.39 is 0 Å². The van der Waals surface area contributed by atoms with Crippen LogP contribution in [0, 0.1) is 6.92 Å². The minimum Gasteiger partial charge on any atom is -0.333 e. The highest BCUT2D eigenvalue weighted by atomic mass is 16.2. The molecule has 0 unspecified atom stereocenters. The van der Waals surface area contributed by atoms with Gasteiger partial charge in [0, 0.05) is 19.3 Å². The Balaban J connectivity index is 1.59. The molecule has 0 spiro atoms. The molecule has 1 aliphatic heterocycles. The summed E-state index contributed by atoms with van der Waals surface area (Å²) in [6, 6.07) is 9.90. The van der Waals surface area contributed by atoms with E-state index >= 15 is 0 Å². The van der Waals surface area contributed by atoms with Crippen molar-refractivity contribution in [3.8, 4) is 11.4 Å². The maximum atomic E-state index is 12.9. The molecular formula is C19H22N6O. The molecule has 0 radical (unpaired) electrons. The Labute approximate surface area is 152 Å². The van der Waals surface area contributed by atoms with Crippen molar-refractivity contribution in [2.75, 3.05) is 6.54 Å². The van der Waals surface area contributed by atoms with Gasteiger partial charge in [-0.25, -0.2) is 0 Å². The lowest BCUT2D eigenvalue weighted by Gasteiger charge is -2.32. The number of nitrogens with zero attached hydrogens (tertiary/aromatic N) is 6. The first-order chi connectivity index (χ1) is 12.6. The molecule has 0 N–H and O–H groups in total. The highest BCUT2D eigenvalue weighted by molar-refractivity contribution is 5.82. The van der Waals surface area contributed by atoms with Gasteiger partial charge in [-0.2, -0.15) is 5.10 Å². The van der Waals surface area contributed by atoms with Crippen molar-refractivity contribution >= 4 is 5.91 Å². The number of hydrogen-bond acceptors (Lipinski definition) is 4. The van der Waals surface area contributed by atoms with Gasteiger partial charge in [0.15, 0.2) is 11.6 Å². The van der Waals surface area contributed by atoms with Crippen LogP contribution in [0.1, 0.15) is 30.0 Å². The van der Waals surface area contributed by atoms with Crippen LogP contribution in [0.5, 0.6) is 0 Å². The van der Waals surface area contributed by atoms with E-state index in [1.807, 2.05) is 48.6 Å². The minimum absolute atomic E-state index is 0.107. The Morgan fingerprint density at radius 2 is 1.96 bits per heavy atom. The first-order valence-corrected chi connectivity index (χ1v) is 8.81. The average molecular weight is 350 g/mol. The van der Waals surface area contributed by atoms with Crippen molar-refractivity contribution in [1.29, 1.82) is 0 Å². The van der Waals surface area contributed by atoms with Crippen molar-refractivity contribution < 1.29 is 4.79 Å². The number of aryl methyl sites for hydroxylation is 1. The van der Waals surface area contributed by atoms with Gasteiger partial charge in [0.05, 0.1) is 18.3 Å². The van der Waals surface area contributed by atoms with Crippen molar-refractivity contribution in [2.24, 2.45) is 7.05 Å². The van der Waals surface area contributed by atoms with Gasteiger partial charge < -0.3 is 4.90 Å². The molecule has 1 amide bonds. The van der Waals surface area contributed by atoms with Crippen molar-refractivity contribution in [3.63, 3.8) is 0 Å². The van der Waals surface area contributed by atoms with Crippen LogP contribution in [0.25, 0.3) is 11.4 Å². The van der Waals surface area contributed by atoms with E-state index in [1.54, 1.807) is 10.9 Å². The molecule has 134 valence electrons. The van der Waals surface area contributed by atoms with Gasteiger partial charge in [-0.15, -0.1) is 10.2 Å². The zero-order valence-corrected chi connectivity index (χ0v) is 15.3. The molecule has 1 aromatic carbocycles. The van der Waals surface area contributed by atoms with Crippen molar-refractivity contribution in [3.05, 3.63) is 53.6 Å². The predicted octanol–water partition coefficient (Wildman–Crippen LogP) is 2.13. The number of rotatable bonds is 4. The maximum Gasteiger partial charge on any atom is 0.245 e. The standard InChI is InChI=1S/C19H22N6O/c1-13-16(11-20-23(13)3)18-22-21-17-12-24(19(26)14(2)25(17)18)10-9-15-7-5-4-6-8-15/h4-8,11,14H,9-10,12H2,1-3H3/t14-/m0/s1. The number of benzene rings is 1. The van der Waals surface area contributed by atoms with E-state index in [2.05, 4.69) is 27.4 Å². The zero-order chi connectivity index (χ0) is 18.3. The third kappa shape index (κ3) is 2.69. The summed E-state index contributed by atoms with van der Waals surface area (Å²) in [5.74, 6) is 1.65. The molecule has 26 heavy (non-hydrogen) atoms. The van der Waals surface area contributed by atoms with Gasteiger partial charge in [0.1, 0.15) is 6.04 Å². The van der Waals surface area contributed by atoms with Gasteiger partial charge in [0.25, 0.3) is 0 Å². The van der Waals surface area contributed by atoms with E-state index in [1.165, 1.54) is 5.56 Å². The summed E-state index contributed by atoms with van der Waals surface area (Å²) in [6.07, 6.45) is 2.62. The summed E-state index contributed by atoms with van der Waals surface area (Å²) in [7, 11) is 1.90. The maximum absolute atomic E-state index is 12.9. The van der Waals surface area contributed by atoms with E-state index in [0.29, 0.717) is 18.9 Å². The van der Waals surface area contributed by atoms with Crippen LogP contribution in [-0.4, -0.2) is 41.9 Å². The molecule has 3 aromatic rings. The Kier molecular flexibility index (Phi) is 4.06. The van der Waals surface area contributed by atoms with E-state index in [9.17, 15) is 4.79 Å². The van der Waals surface area contributed by atoms with E-state index in [-0.39, 0.29) is 11.9 Å². The molecule has 7 heteroatoms. The Morgan fingerprint density at radius 3 is 2.65 bits per heavy atom. The molecule has 2 aromatic heterocycles. The molecule has 1 atom stereocenters. The van der Waals surface area contributed by atoms with Crippen LogP contribution in [0.4, 0.5) is 0 Å². The number of carbonyl (C=O) groups excluding carboxylic acids is 1. The summed E-state index contributed by atoms with van der Waals surface area (Å²) in [6.45, 7) is 5.08. The average Bonchev–Trinajstić information content (AvgIpc) is 3.21. The Hall–Kier alpha value is -2.96. The molecule has 7 nitrogen and oxygen atoms in total. The third-order valence-electron chi connectivity index (χ3n) is 5.14. The summed E-state index contributed by atoms with van der Waals surface area (Å²) in [5, 5.41) is 13.0. The van der Waals surface area contributed by atoms with Gasteiger partial charge in [0.2, 0.25) is 5.91 Å². The number of fused-ring (bicyclic) bond motifs is 1. The summed E-state index contributed by atoms with van der Waals surface area (Å²) in [5.41, 5.74) is 3.15. The minimum atomic E-state index is -0.320. The Bertz CT molecular complexity index is 942. The molecule has 0 aliphatic carbocycles. The Morgan fingerprint density at radius 1 is 1.19 bits per heavy atom.